The predicted octanol–water partition coefficient (Wildman–Crippen LogP) is 3.55. The standard InChI is InChI=1S/C19H31IN2O4S/c1-7-26-17(23)12-13-18(2,3)21-19(4,5)14-22(27(6,24)25)16-10-8-15(20)9-11-16/h8-11,21H,7,12-14H2,1-6H3. The summed E-state index contributed by atoms with van der Waals surface area (Å²) in [5.74, 6) is -0.221. The number of nitrogens with one attached hydrogen (secondary N) is 1. The summed E-state index contributed by atoms with van der Waals surface area (Å²) in [6.45, 7) is 10.4. The average molecular weight is 510 g/mol. The van der Waals surface area contributed by atoms with Gasteiger partial charge in [0.05, 0.1) is 25.1 Å². The second-order valence-electron chi connectivity index (χ2n) is 7.94. The van der Waals surface area contributed by atoms with E-state index in [0.29, 0.717) is 25.1 Å². The molecule has 0 aliphatic rings. The molecule has 1 rings (SSSR count). The van der Waals surface area contributed by atoms with Crippen LogP contribution in [0.25, 0.3) is 0 Å². The normalized spacial score (nSPS) is 12.7. The van der Waals surface area contributed by atoms with E-state index in [9.17, 15) is 13.2 Å². The number of hydrogen-bond acceptors (Lipinski definition) is 5. The smallest absolute Gasteiger partial charge is 0.305 e. The molecule has 0 fully saturated rings. The molecule has 0 aliphatic heterocycles. The van der Waals surface area contributed by atoms with Gasteiger partial charge in [-0.15, -0.1) is 0 Å². The maximum atomic E-state index is 12.4. The van der Waals surface area contributed by atoms with Crippen LogP contribution >= 0.6 is 22.6 Å². The van der Waals surface area contributed by atoms with Crippen LogP contribution in [0.5, 0.6) is 0 Å². The molecule has 8 heteroatoms. The lowest BCUT2D eigenvalue weighted by Gasteiger charge is -2.40. The van der Waals surface area contributed by atoms with Crippen LogP contribution in [-0.4, -0.2) is 44.9 Å². The zero-order valence-corrected chi connectivity index (χ0v) is 20.0. The first-order valence-corrected chi connectivity index (χ1v) is 11.9. The minimum Gasteiger partial charge on any atom is -0.466 e. The molecule has 0 heterocycles. The molecule has 0 unspecified atom stereocenters. The summed E-state index contributed by atoms with van der Waals surface area (Å²) in [7, 11) is -3.44. The summed E-state index contributed by atoms with van der Waals surface area (Å²) in [5.41, 5.74) is -0.229. The quantitative estimate of drug-likeness (QED) is 0.385. The fourth-order valence-electron chi connectivity index (χ4n) is 3.03. The third kappa shape index (κ3) is 8.78. The first-order valence-electron chi connectivity index (χ1n) is 8.94. The molecule has 27 heavy (non-hydrogen) atoms. The SMILES string of the molecule is CCOC(=O)CCC(C)(C)NC(C)(C)CN(c1ccc(I)cc1)S(C)(=O)=O. The predicted molar refractivity (Wildman–Crippen MR) is 119 cm³/mol. The Kier molecular flexibility index (Phi) is 8.55. The molecular weight excluding hydrogens is 479 g/mol. The molecule has 0 amide bonds. The van der Waals surface area contributed by atoms with Crippen LogP contribution in [0.4, 0.5) is 5.69 Å². The van der Waals surface area contributed by atoms with Gasteiger partial charge in [-0.3, -0.25) is 9.10 Å². The number of ether oxygens (including phenoxy) is 1. The van der Waals surface area contributed by atoms with Gasteiger partial charge in [-0.05, 0) is 87.9 Å². The van der Waals surface area contributed by atoms with Crippen molar-refractivity contribution in [2.45, 2.75) is 58.5 Å². The number of nitrogens with zero attached hydrogens (tertiary/aromatic N) is 1. The molecule has 154 valence electrons. The van der Waals surface area contributed by atoms with Crippen LogP contribution in [0, 0.1) is 3.57 Å². The van der Waals surface area contributed by atoms with Crippen LogP contribution < -0.4 is 9.62 Å². The number of esters is 1. The summed E-state index contributed by atoms with van der Waals surface area (Å²) in [6.07, 6.45) is 2.13. The Balaban J connectivity index is 2.90. The van der Waals surface area contributed by atoms with Gasteiger partial charge in [0, 0.05) is 21.1 Å². The Morgan fingerprint density at radius 3 is 2.19 bits per heavy atom. The zero-order chi connectivity index (χ0) is 20.9. The van der Waals surface area contributed by atoms with Crippen molar-refractivity contribution in [1.29, 1.82) is 0 Å². The highest BCUT2D eigenvalue weighted by Crippen LogP contribution is 2.24. The molecule has 0 atom stereocenters. The lowest BCUT2D eigenvalue weighted by atomic mass is 9.93. The second-order valence-corrected chi connectivity index (χ2v) is 11.1. The number of carbonyl (C=O) groups is 1. The minimum absolute atomic E-state index is 0.221. The van der Waals surface area contributed by atoms with Crippen molar-refractivity contribution >= 4 is 44.3 Å². The maximum Gasteiger partial charge on any atom is 0.305 e. The van der Waals surface area contributed by atoms with Crippen molar-refractivity contribution in [2.75, 3.05) is 23.7 Å². The van der Waals surface area contributed by atoms with E-state index in [0.717, 1.165) is 3.57 Å². The maximum absolute atomic E-state index is 12.4. The zero-order valence-electron chi connectivity index (χ0n) is 17.0. The first kappa shape index (κ1) is 24.2. The number of anilines is 1. The highest BCUT2D eigenvalue weighted by molar-refractivity contribution is 14.1. The summed E-state index contributed by atoms with van der Waals surface area (Å²) >= 11 is 2.19. The number of carbonyl (C=O) groups excluding carboxylic acids is 1. The van der Waals surface area contributed by atoms with E-state index in [1.165, 1.54) is 10.6 Å². The van der Waals surface area contributed by atoms with Gasteiger partial charge in [0.2, 0.25) is 10.0 Å². The third-order valence-corrected chi connectivity index (χ3v) is 5.85. The van der Waals surface area contributed by atoms with E-state index < -0.39 is 15.6 Å². The molecule has 0 radical (unpaired) electrons. The van der Waals surface area contributed by atoms with Gasteiger partial charge in [0.25, 0.3) is 0 Å². The number of benzene rings is 1. The molecule has 1 aromatic rings. The summed E-state index contributed by atoms with van der Waals surface area (Å²) in [5, 5.41) is 3.50. The average Bonchev–Trinajstić information content (AvgIpc) is 2.50. The van der Waals surface area contributed by atoms with Gasteiger partial charge in [0.1, 0.15) is 0 Å². The van der Waals surface area contributed by atoms with Gasteiger partial charge in [0.15, 0.2) is 0 Å². The Labute approximate surface area is 177 Å². The molecule has 6 nitrogen and oxygen atoms in total. The van der Waals surface area contributed by atoms with Crippen LogP contribution in [0.1, 0.15) is 47.5 Å². The van der Waals surface area contributed by atoms with E-state index >= 15 is 0 Å². The highest BCUT2D eigenvalue weighted by Gasteiger charge is 2.32. The van der Waals surface area contributed by atoms with Crippen LogP contribution in [0.2, 0.25) is 0 Å². The summed E-state index contributed by atoms with van der Waals surface area (Å²) in [4.78, 5) is 11.6. The van der Waals surface area contributed by atoms with Crippen molar-refractivity contribution in [3.05, 3.63) is 27.8 Å². The highest BCUT2D eigenvalue weighted by atomic mass is 127. The van der Waals surface area contributed by atoms with Crippen molar-refractivity contribution in [3.8, 4) is 0 Å². The molecule has 0 spiro atoms. The summed E-state index contributed by atoms with van der Waals surface area (Å²) in [6, 6.07) is 7.39. The minimum atomic E-state index is -3.44. The third-order valence-electron chi connectivity index (χ3n) is 3.99. The molecule has 1 N–H and O–H groups in total. The van der Waals surface area contributed by atoms with E-state index in [4.69, 9.17) is 4.74 Å². The van der Waals surface area contributed by atoms with Gasteiger partial charge in [-0.25, -0.2) is 8.42 Å². The number of rotatable bonds is 10. The van der Waals surface area contributed by atoms with Crippen molar-refractivity contribution in [3.63, 3.8) is 0 Å². The number of sulfonamides is 1. The monoisotopic (exact) mass is 510 g/mol. The fraction of sp³-hybridized carbons (Fsp3) is 0.632. The molecule has 0 bridgehead atoms. The Bertz CT molecular complexity index is 731. The Morgan fingerprint density at radius 2 is 1.70 bits per heavy atom. The molecule has 1 aromatic carbocycles. The molecule has 0 saturated heterocycles. The van der Waals surface area contributed by atoms with Crippen LogP contribution in [-0.2, 0) is 19.6 Å². The summed E-state index contributed by atoms with van der Waals surface area (Å²) < 4.78 is 32.2. The van der Waals surface area contributed by atoms with Crippen molar-refractivity contribution in [2.24, 2.45) is 0 Å². The van der Waals surface area contributed by atoms with Gasteiger partial charge in [-0.1, -0.05) is 0 Å². The van der Waals surface area contributed by atoms with Gasteiger partial charge >= 0.3 is 5.97 Å². The fourth-order valence-corrected chi connectivity index (χ4v) is 4.45. The molecular formula is C19H31IN2O4S. The molecule has 0 saturated carbocycles. The lowest BCUT2D eigenvalue weighted by molar-refractivity contribution is -0.143. The Morgan fingerprint density at radius 1 is 1.15 bits per heavy atom. The Hall–Kier alpha value is -0.870. The van der Waals surface area contributed by atoms with Crippen molar-refractivity contribution in [1.82, 2.24) is 5.32 Å². The van der Waals surface area contributed by atoms with Crippen molar-refractivity contribution < 1.29 is 17.9 Å². The largest absolute Gasteiger partial charge is 0.466 e. The van der Waals surface area contributed by atoms with Crippen LogP contribution in [0.15, 0.2) is 24.3 Å². The van der Waals surface area contributed by atoms with Gasteiger partial charge < -0.3 is 10.1 Å². The van der Waals surface area contributed by atoms with E-state index in [2.05, 4.69) is 27.9 Å². The van der Waals surface area contributed by atoms with Crippen LogP contribution in [0.3, 0.4) is 0 Å². The second kappa shape index (κ2) is 9.56. The molecule has 0 aromatic heterocycles. The number of halogens is 1. The number of hydrogen-bond donors (Lipinski definition) is 1. The van der Waals surface area contributed by atoms with E-state index in [1.807, 2.05) is 52.0 Å². The molecule has 0 aliphatic carbocycles. The van der Waals surface area contributed by atoms with Gasteiger partial charge in [-0.2, -0.15) is 0 Å². The first-order chi connectivity index (χ1) is 12.3. The topological polar surface area (TPSA) is 75.7 Å². The lowest BCUT2D eigenvalue weighted by Crippen LogP contribution is -2.58. The van der Waals surface area contributed by atoms with E-state index in [-0.39, 0.29) is 18.1 Å². The van der Waals surface area contributed by atoms with E-state index in [1.54, 1.807) is 6.92 Å².